The number of aromatic carboxylic acids is 1. The number of benzene rings is 1. The number of rotatable bonds is 5. The Morgan fingerprint density at radius 2 is 1.97 bits per heavy atom. The minimum Gasteiger partial charge on any atom is -0.478 e. The predicted molar refractivity (Wildman–Crippen MR) is 122 cm³/mol. The monoisotopic (exact) mass is 464 g/mol. The molecule has 166 valence electrons. The first-order valence-corrected chi connectivity index (χ1v) is 10.5. The summed E-state index contributed by atoms with van der Waals surface area (Å²) in [5.74, 6) is -1.06. The fraction of sp³-hybridized carbons (Fsp3) is 0.409. The Bertz CT molecular complexity index is 963. The van der Waals surface area contributed by atoms with Crippen LogP contribution >= 0.6 is 24.0 Å². The molecule has 1 aromatic heterocycles. The molecule has 2 aliphatic rings. The van der Waals surface area contributed by atoms with Crippen LogP contribution in [0.25, 0.3) is 0 Å². The summed E-state index contributed by atoms with van der Waals surface area (Å²) < 4.78 is 0. The van der Waals surface area contributed by atoms with Gasteiger partial charge in [0.15, 0.2) is 0 Å². The van der Waals surface area contributed by atoms with E-state index in [2.05, 4.69) is 11.1 Å². The fourth-order valence-corrected chi connectivity index (χ4v) is 4.91. The number of nitrogens with zero attached hydrogens (tertiary/aromatic N) is 3. The van der Waals surface area contributed by atoms with E-state index in [1.807, 2.05) is 23.1 Å². The lowest BCUT2D eigenvalue weighted by atomic mass is 9.68. The molecule has 9 heteroatoms. The molecule has 1 aliphatic carbocycles. The van der Waals surface area contributed by atoms with Crippen LogP contribution in [0.3, 0.4) is 0 Å². The third-order valence-corrected chi connectivity index (χ3v) is 6.74. The van der Waals surface area contributed by atoms with Crippen molar-refractivity contribution in [2.24, 2.45) is 5.73 Å². The number of aromatic nitrogens is 1. The number of carbonyl (C=O) groups is 2. The second-order valence-corrected chi connectivity index (χ2v) is 8.53. The van der Waals surface area contributed by atoms with Gasteiger partial charge in [0.05, 0.1) is 17.4 Å². The molecule has 1 saturated carbocycles. The summed E-state index contributed by atoms with van der Waals surface area (Å²) in [5.41, 5.74) is 7.85. The van der Waals surface area contributed by atoms with Crippen molar-refractivity contribution in [3.63, 3.8) is 0 Å². The van der Waals surface area contributed by atoms with Gasteiger partial charge in [-0.15, -0.1) is 12.4 Å². The van der Waals surface area contributed by atoms with Crippen LogP contribution in [-0.4, -0.2) is 52.7 Å². The number of carbonyl (C=O) groups excluding carboxylic acids is 1. The van der Waals surface area contributed by atoms with Gasteiger partial charge in [0.2, 0.25) is 0 Å². The molecule has 2 aromatic rings. The zero-order valence-electron chi connectivity index (χ0n) is 17.0. The predicted octanol–water partition coefficient (Wildman–Crippen LogP) is 3.94. The molecule has 1 aromatic carbocycles. The molecule has 0 bridgehead atoms. The SMILES string of the molecule is Cl.NC[C@]1(c2cccc(Cl)c2)CC[C@H](N2CCN(c3cncc(C(=O)O)c3)C2=O)CC1. The quantitative estimate of drug-likeness (QED) is 0.697. The van der Waals surface area contributed by atoms with E-state index in [1.54, 1.807) is 4.90 Å². The van der Waals surface area contributed by atoms with Gasteiger partial charge >= 0.3 is 12.0 Å². The smallest absolute Gasteiger partial charge is 0.337 e. The Kier molecular flexibility index (Phi) is 7.09. The van der Waals surface area contributed by atoms with E-state index in [4.69, 9.17) is 17.3 Å². The van der Waals surface area contributed by atoms with E-state index in [1.165, 1.54) is 24.0 Å². The number of carboxylic acid groups (broad SMARTS) is 1. The number of carboxylic acids is 1. The van der Waals surface area contributed by atoms with Crippen LogP contribution in [0.5, 0.6) is 0 Å². The average Bonchev–Trinajstić information content (AvgIpc) is 3.15. The van der Waals surface area contributed by atoms with Crippen molar-refractivity contribution in [1.29, 1.82) is 0 Å². The van der Waals surface area contributed by atoms with E-state index in [9.17, 15) is 14.7 Å². The molecular weight excluding hydrogens is 439 g/mol. The van der Waals surface area contributed by atoms with E-state index >= 15 is 0 Å². The number of nitrogens with two attached hydrogens (primary N) is 1. The maximum Gasteiger partial charge on any atom is 0.337 e. The molecule has 2 heterocycles. The van der Waals surface area contributed by atoms with Crippen LogP contribution in [0.4, 0.5) is 10.5 Å². The lowest BCUT2D eigenvalue weighted by Gasteiger charge is -2.42. The number of halogens is 2. The molecule has 4 rings (SSSR count). The normalized spacial score (nSPS) is 23.5. The molecule has 7 nitrogen and oxygen atoms in total. The van der Waals surface area contributed by atoms with Gasteiger partial charge in [-0.25, -0.2) is 9.59 Å². The van der Waals surface area contributed by atoms with Gasteiger partial charge in [-0.1, -0.05) is 23.7 Å². The third kappa shape index (κ3) is 4.49. The fourth-order valence-electron chi connectivity index (χ4n) is 4.72. The number of pyridine rings is 1. The molecule has 1 aliphatic heterocycles. The van der Waals surface area contributed by atoms with Crippen LogP contribution < -0.4 is 10.6 Å². The Hall–Kier alpha value is -2.35. The second-order valence-electron chi connectivity index (χ2n) is 8.09. The molecule has 1 saturated heterocycles. The van der Waals surface area contributed by atoms with Crippen LogP contribution in [0.2, 0.25) is 5.02 Å². The molecule has 2 fully saturated rings. The maximum absolute atomic E-state index is 13.1. The van der Waals surface area contributed by atoms with Gasteiger partial charge in [-0.2, -0.15) is 0 Å². The Balaban J connectivity index is 0.00000272. The zero-order valence-corrected chi connectivity index (χ0v) is 18.6. The van der Waals surface area contributed by atoms with Crippen LogP contribution in [-0.2, 0) is 5.41 Å². The summed E-state index contributed by atoms with van der Waals surface area (Å²) >= 11 is 6.20. The van der Waals surface area contributed by atoms with Crippen molar-refractivity contribution in [1.82, 2.24) is 9.88 Å². The Labute approximate surface area is 192 Å². The molecule has 0 unspecified atom stereocenters. The first kappa shape index (κ1) is 23.3. The van der Waals surface area contributed by atoms with Crippen molar-refractivity contribution in [2.45, 2.75) is 37.1 Å². The Morgan fingerprint density at radius 3 is 2.61 bits per heavy atom. The van der Waals surface area contributed by atoms with Crippen LogP contribution in [0.1, 0.15) is 41.6 Å². The Morgan fingerprint density at radius 1 is 1.23 bits per heavy atom. The highest BCUT2D eigenvalue weighted by Gasteiger charge is 2.41. The van der Waals surface area contributed by atoms with Crippen molar-refractivity contribution >= 4 is 41.7 Å². The number of hydrogen-bond donors (Lipinski definition) is 2. The summed E-state index contributed by atoms with van der Waals surface area (Å²) in [5, 5.41) is 9.90. The highest BCUT2D eigenvalue weighted by molar-refractivity contribution is 6.30. The van der Waals surface area contributed by atoms with E-state index in [-0.39, 0.29) is 35.5 Å². The van der Waals surface area contributed by atoms with Crippen LogP contribution in [0.15, 0.2) is 42.7 Å². The third-order valence-electron chi connectivity index (χ3n) is 6.50. The van der Waals surface area contributed by atoms with E-state index < -0.39 is 5.97 Å². The van der Waals surface area contributed by atoms with Gasteiger partial charge in [0, 0.05) is 42.3 Å². The van der Waals surface area contributed by atoms with Gasteiger partial charge < -0.3 is 15.7 Å². The van der Waals surface area contributed by atoms with Crippen molar-refractivity contribution in [3.8, 4) is 0 Å². The van der Waals surface area contributed by atoms with E-state index in [0.717, 1.165) is 25.7 Å². The lowest BCUT2D eigenvalue weighted by Crippen LogP contribution is -2.46. The number of amides is 2. The first-order chi connectivity index (χ1) is 14.4. The maximum atomic E-state index is 13.1. The van der Waals surface area contributed by atoms with Crippen molar-refractivity contribution < 1.29 is 14.7 Å². The average molecular weight is 465 g/mol. The van der Waals surface area contributed by atoms with Gasteiger partial charge in [0.1, 0.15) is 0 Å². The minimum atomic E-state index is -1.06. The summed E-state index contributed by atoms with van der Waals surface area (Å²) in [6.45, 7) is 1.69. The van der Waals surface area contributed by atoms with Gasteiger partial charge in [-0.05, 0) is 49.4 Å². The largest absolute Gasteiger partial charge is 0.478 e. The molecule has 0 atom stereocenters. The van der Waals surface area contributed by atoms with Crippen LogP contribution in [0, 0.1) is 0 Å². The first-order valence-electron chi connectivity index (χ1n) is 10.2. The highest BCUT2D eigenvalue weighted by Crippen LogP contribution is 2.41. The molecule has 31 heavy (non-hydrogen) atoms. The summed E-state index contributed by atoms with van der Waals surface area (Å²) in [6, 6.07) is 9.47. The van der Waals surface area contributed by atoms with Crippen molar-refractivity contribution in [3.05, 3.63) is 58.9 Å². The summed E-state index contributed by atoms with van der Waals surface area (Å²) in [7, 11) is 0. The molecule has 2 amide bonds. The summed E-state index contributed by atoms with van der Waals surface area (Å²) in [4.78, 5) is 31.8. The molecule has 0 radical (unpaired) electrons. The second kappa shape index (κ2) is 9.42. The van der Waals surface area contributed by atoms with Crippen molar-refractivity contribution in [2.75, 3.05) is 24.5 Å². The zero-order chi connectivity index (χ0) is 21.3. The molecule has 3 N–H and O–H groups in total. The highest BCUT2D eigenvalue weighted by atomic mass is 35.5. The number of urea groups is 1. The standard InChI is InChI=1S/C22H25ClN4O3.ClH/c23-17-3-1-2-16(11-17)22(14-24)6-4-18(5-7-22)26-8-9-27(21(26)30)19-10-15(20(28)29)12-25-13-19;/h1-3,10-13,18H,4-9,14,24H2,(H,28,29);1H/t18-,22-;. The topological polar surface area (TPSA) is 99.8 Å². The number of anilines is 1. The molecular formula is C22H26Cl2N4O3. The van der Waals surface area contributed by atoms with Gasteiger partial charge in [0.25, 0.3) is 0 Å². The molecule has 0 spiro atoms. The van der Waals surface area contributed by atoms with Gasteiger partial charge in [-0.3, -0.25) is 9.88 Å². The minimum absolute atomic E-state index is 0. The van der Waals surface area contributed by atoms with E-state index in [0.29, 0.717) is 30.3 Å². The lowest BCUT2D eigenvalue weighted by molar-refractivity contribution is 0.0696. The number of hydrogen-bond acceptors (Lipinski definition) is 4. The summed E-state index contributed by atoms with van der Waals surface area (Å²) in [6.07, 6.45) is 6.36.